The van der Waals surface area contributed by atoms with Gasteiger partial charge in [0.1, 0.15) is 0 Å². The third kappa shape index (κ3) is 2.53. The van der Waals surface area contributed by atoms with Crippen molar-refractivity contribution >= 4 is 28.1 Å². The first-order valence-electron chi connectivity index (χ1n) is 6.41. The molecule has 0 amide bonds. The SMILES string of the molecule is COC(=O)c1cccc2c(Nc3ccncc3)cncc12. The van der Waals surface area contributed by atoms with Crippen LogP contribution in [0.25, 0.3) is 10.8 Å². The average molecular weight is 279 g/mol. The minimum absolute atomic E-state index is 0.372. The van der Waals surface area contributed by atoms with E-state index in [0.717, 1.165) is 22.1 Å². The first kappa shape index (κ1) is 13.1. The van der Waals surface area contributed by atoms with Gasteiger partial charge in [0.2, 0.25) is 0 Å². The Morgan fingerprint density at radius 2 is 1.86 bits per heavy atom. The highest BCUT2D eigenvalue weighted by molar-refractivity contribution is 6.07. The van der Waals surface area contributed by atoms with Crippen molar-refractivity contribution in [3.8, 4) is 0 Å². The van der Waals surface area contributed by atoms with E-state index in [0.29, 0.717) is 5.56 Å². The second-order valence-electron chi connectivity index (χ2n) is 4.44. The van der Waals surface area contributed by atoms with Crippen LogP contribution in [0.3, 0.4) is 0 Å². The topological polar surface area (TPSA) is 64.1 Å². The summed E-state index contributed by atoms with van der Waals surface area (Å²) in [6.45, 7) is 0. The van der Waals surface area contributed by atoms with Crippen molar-refractivity contribution in [2.45, 2.75) is 0 Å². The Bertz CT molecular complexity index is 788. The molecular weight excluding hydrogens is 266 g/mol. The maximum atomic E-state index is 11.8. The number of methoxy groups -OCH3 is 1. The Balaban J connectivity index is 2.10. The van der Waals surface area contributed by atoms with Gasteiger partial charge in [0, 0.05) is 35.1 Å². The fraction of sp³-hybridized carbons (Fsp3) is 0.0625. The van der Waals surface area contributed by atoms with Crippen molar-refractivity contribution in [2.75, 3.05) is 12.4 Å². The van der Waals surface area contributed by atoms with Crippen molar-refractivity contribution in [1.82, 2.24) is 9.97 Å². The summed E-state index contributed by atoms with van der Waals surface area (Å²) >= 11 is 0. The third-order valence-electron chi connectivity index (χ3n) is 3.17. The first-order valence-corrected chi connectivity index (χ1v) is 6.41. The molecule has 0 saturated carbocycles. The molecule has 0 bridgehead atoms. The van der Waals surface area contributed by atoms with Gasteiger partial charge in [-0.3, -0.25) is 9.97 Å². The number of rotatable bonds is 3. The van der Waals surface area contributed by atoms with Crippen molar-refractivity contribution in [2.24, 2.45) is 0 Å². The van der Waals surface area contributed by atoms with Crippen LogP contribution in [0.5, 0.6) is 0 Å². The molecule has 0 aliphatic rings. The highest BCUT2D eigenvalue weighted by Gasteiger charge is 2.12. The van der Waals surface area contributed by atoms with Gasteiger partial charge >= 0.3 is 5.97 Å². The number of anilines is 2. The van der Waals surface area contributed by atoms with E-state index in [1.54, 1.807) is 30.9 Å². The second-order valence-corrected chi connectivity index (χ2v) is 4.44. The van der Waals surface area contributed by atoms with E-state index < -0.39 is 0 Å². The summed E-state index contributed by atoms with van der Waals surface area (Å²) in [5, 5.41) is 4.94. The zero-order valence-corrected chi connectivity index (χ0v) is 11.4. The zero-order chi connectivity index (χ0) is 14.7. The number of ether oxygens (including phenoxy) is 1. The lowest BCUT2D eigenvalue weighted by Crippen LogP contribution is -2.03. The molecule has 21 heavy (non-hydrogen) atoms. The van der Waals surface area contributed by atoms with Crippen LogP contribution in [0.15, 0.2) is 55.1 Å². The second kappa shape index (κ2) is 5.58. The maximum absolute atomic E-state index is 11.8. The predicted molar refractivity (Wildman–Crippen MR) is 80.6 cm³/mol. The van der Waals surface area contributed by atoms with Crippen molar-refractivity contribution in [1.29, 1.82) is 0 Å². The monoisotopic (exact) mass is 279 g/mol. The van der Waals surface area contributed by atoms with Crippen molar-refractivity contribution < 1.29 is 9.53 Å². The number of hydrogen-bond acceptors (Lipinski definition) is 5. The lowest BCUT2D eigenvalue weighted by atomic mass is 10.1. The minimum Gasteiger partial charge on any atom is -0.465 e. The van der Waals surface area contributed by atoms with Gasteiger partial charge in [-0.15, -0.1) is 0 Å². The molecule has 3 rings (SSSR count). The fourth-order valence-electron chi connectivity index (χ4n) is 2.17. The Labute approximate surface area is 121 Å². The number of carbonyl (C=O) groups excluding carboxylic acids is 1. The lowest BCUT2D eigenvalue weighted by molar-refractivity contribution is 0.0603. The average Bonchev–Trinajstić information content (AvgIpc) is 2.55. The Kier molecular flexibility index (Phi) is 3.47. The van der Waals surface area contributed by atoms with Crippen LogP contribution >= 0.6 is 0 Å². The molecule has 0 atom stereocenters. The molecule has 5 nitrogen and oxygen atoms in total. The quantitative estimate of drug-likeness (QED) is 0.746. The summed E-state index contributed by atoms with van der Waals surface area (Å²) in [4.78, 5) is 20.0. The molecule has 0 aliphatic heterocycles. The standard InChI is InChI=1S/C16H13N3O2/c1-21-16(20)13-4-2-3-12-14(13)9-18-10-15(12)19-11-5-7-17-8-6-11/h2-10H,1H3,(H,17,19). The number of carbonyl (C=O) groups is 1. The number of nitrogens with zero attached hydrogens (tertiary/aromatic N) is 2. The molecule has 0 radical (unpaired) electrons. The van der Waals surface area contributed by atoms with Crippen LogP contribution in [0.2, 0.25) is 0 Å². The van der Waals surface area contributed by atoms with Crippen LogP contribution in [0, 0.1) is 0 Å². The molecule has 2 aromatic heterocycles. The molecule has 0 saturated heterocycles. The molecule has 0 unspecified atom stereocenters. The van der Waals surface area contributed by atoms with Crippen LogP contribution in [0.1, 0.15) is 10.4 Å². The Morgan fingerprint density at radius 3 is 2.62 bits per heavy atom. The van der Waals surface area contributed by atoms with Crippen LogP contribution in [-0.4, -0.2) is 23.0 Å². The molecule has 3 aromatic rings. The summed E-state index contributed by atoms with van der Waals surface area (Å²) in [7, 11) is 1.37. The normalized spacial score (nSPS) is 10.3. The largest absolute Gasteiger partial charge is 0.465 e. The smallest absolute Gasteiger partial charge is 0.338 e. The highest BCUT2D eigenvalue weighted by atomic mass is 16.5. The number of pyridine rings is 2. The fourth-order valence-corrected chi connectivity index (χ4v) is 2.17. The Morgan fingerprint density at radius 1 is 1.05 bits per heavy atom. The number of benzene rings is 1. The minimum atomic E-state index is -0.372. The summed E-state index contributed by atoms with van der Waals surface area (Å²) < 4.78 is 4.81. The van der Waals surface area contributed by atoms with Crippen LogP contribution in [-0.2, 0) is 4.74 Å². The van der Waals surface area contributed by atoms with Crippen molar-refractivity contribution in [3.63, 3.8) is 0 Å². The number of fused-ring (bicyclic) bond motifs is 1. The van der Waals surface area contributed by atoms with E-state index in [4.69, 9.17) is 4.74 Å². The number of esters is 1. The van der Waals surface area contributed by atoms with E-state index >= 15 is 0 Å². The predicted octanol–water partition coefficient (Wildman–Crippen LogP) is 3.16. The highest BCUT2D eigenvalue weighted by Crippen LogP contribution is 2.27. The molecule has 0 aliphatic carbocycles. The van der Waals surface area contributed by atoms with Gasteiger partial charge in [-0.25, -0.2) is 4.79 Å². The van der Waals surface area contributed by atoms with E-state index in [2.05, 4.69) is 15.3 Å². The van der Waals surface area contributed by atoms with Gasteiger partial charge in [-0.1, -0.05) is 12.1 Å². The van der Waals surface area contributed by atoms with Crippen molar-refractivity contribution in [3.05, 3.63) is 60.7 Å². The third-order valence-corrected chi connectivity index (χ3v) is 3.17. The van der Waals surface area contributed by atoms with Gasteiger partial charge in [-0.05, 0) is 18.2 Å². The summed E-state index contributed by atoms with van der Waals surface area (Å²) in [5.41, 5.74) is 2.23. The molecule has 2 heterocycles. The Hall–Kier alpha value is -2.95. The van der Waals surface area contributed by atoms with Gasteiger partial charge in [-0.2, -0.15) is 0 Å². The van der Waals surface area contributed by atoms with Gasteiger partial charge in [0.05, 0.1) is 24.6 Å². The van der Waals surface area contributed by atoms with Crippen LogP contribution in [0.4, 0.5) is 11.4 Å². The molecule has 1 aromatic carbocycles. The lowest BCUT2D eigenvalue weighted by Gasteiger charge is -2.10. The van der Waals surface area contributed by atoms with E-state index in [1.165, 1.54) is 7.11 Å². The molecule has 5 heteroatoms. The van der Waals surface area contributed by atoms with Gasteiger partial charge in [0.25, 0.3) is 0 Å². The van der Waals surface area contributed by atoms with Gasteiger partial charge < -0.3 is 10.1 Å². The maximum Gasteiger partial charge on any atom is 0.338 e. The molecule has 0 spiro atoms. The summed E-state index contributed by atoms with van der Waals surface area (Å²) in [6.07, 6.45) is 6.81. The van der Waals surface area contributed by atoms with E-state index in [-0.39, 0.29) is 5.97 Å². The zero-order valence-electron chi connectivity index (χ0n) is 11.4. The van der Waals surface area contributed by atoms with E-state index in [9.17, 15) is 4.79 Å². The number of hydrogen-bond donors (Lipinski definition) is 1. The van der Waals surface area contributed by atoms with Crippen LogP contribution < -0.4 is 5.32 Å². The number of aromatic nitrogens is 2. The summed E-state index contributed by atoms with van der Waals surface area (Å²) in [6, 6.07) is 9.22. The molecule has 1 N–H and O–H groups in total. The van der Waals surface area contributed by atoms with Gasteiger partial charge in [0.15, 0.2) is 0 Å². The first-order chi connectivity index (χ1) is 10.3. The molecular formula is C16H13N3O2. The van der Waals surface area contributed by atoms with E-state index in [1.807, 2.05) is 24.3 Å². The number of nitrogens with one attached hydrogen (secondary N) is 1. The summed E-state index contributed by atoms with van der Waals surface area (Å²) in [5.74, 6) is -0.372. The molecule has 104 valence electrons. The molecule has 0 fully saturated rings.